The molecule has 0 fully saturated rings. The van der Waals surface area contributed by atoms with Crippen molar-refractivity contribution < 1.29 is 0 Å². The van der Waals surface area contributed by atoms with Crippen LogP contribution >= 0.6 is 27.3 Å². The first kappa shape index (κ1) is 6.68. The Morgan fingerprint density at radius 2 is 2.50 bits per heavy atom. The second-order valence-electron chi connectivity index (χ2n) is 2.55. The summed E-state index contributed by atoms with van der Waals surface area (Å²) in [5.74, 6) is 0. The second kappa shape index (κ2) is 2.24. The summed E-state index contributed by atoms with van der Waals surface area (Å²) in [7, 11) is 2.15. The molecule has 10 heavy (non-hydrogen) atoms. The van der Waals surface area contributed by atoms with Crippen LogP contribution in [0.4, 0.5) is 5.00 Å². The molecule has 0 saturated carbocycles. The van der Waals surface area contributed by atoms with E-state index in [0.29, 0.717) is 0 Å². The summed E-state index contributed by atoms with van der Waals surface area (Å²) in [4.78, 5) is 2.31. The number of hydrogen-bond acceptors (Lipinski definition) is 2. The van der Waals surface area contributed by atoms with E-state index < -0.39 is 0 Å². The van der Waals surface area contributed by atoms with Gasteiger partial charge in [0, 0.05) is 13.6 Å². The number of rotatable bonds is 0. The van der Waals surface area contributed by atoms with Crippen LogP contribution in [0, 0.1) is 0 Å². The number of thiophene rings is 1. The van der Waals surface area contributed by atoms with Gasteiger partial charge in [0.05, 0.1) is 8.79 Å². The fourth-order valence-corrected chi connectivity index (χ4v) is 2.94. The van der Waals surface area contributed by atoms with Gasteiger partial charge in [0.15, 0.2) is 0 Å². The van der Waals surface area contributed by atoms with Crippen LogP contribution in [0.5, 0.6) is 0 Å². The minimum absolute atomic E-state index is 1.19. The van der Waals surface area contributed by atoms with Crippen molar-refractivity contribution in [3.05, 3.63) is 15.4 Å². The average molecular weight is 218 g/mol. The van der Waals surface area contributed by atoms with Gasteiger partial charge in [-0.05, 0) is 34.0 Å². The molecule has 0 radical (unpaired) electrons. The molecule has 0 aliphatic carbocycles. The van der Waals surface area contributed by atoms with Crippen LogP contribution in [-0.4, -0.2) is 13.6 Å². The predicted molar refractivity (Wildman–Crippen MR) is 49.0 cm³/mol. The maximum atomic E-state index is 3.48. The van der Waals surface area contributed by atoms with Gasteiger partial charge in [0.2, 0.25) is 0 Å². The number of nitrogens with zero attached hydrogens (tertiary/aromatic N) is 1. The molecule has 2 rings (SSSR count). The molecule has 2 heterocycles. The molecule has 1 aromatic rings. The third-order valence-corrected chi connectivity index (χ3v) is 3.61. The maximum absolute atomic E-state index is 3.48. The highest BCUT2D eigenvalue weighted by molar-refractivity contribution is 9.11. The fraction of sp³-hybridized carbons (Fsp3) is 0.429. The normalized spacial score (nSPS) is 16.0. The molecule has 1 aliphatic heterocycles. The standard InChI is InChI=1S/C7H8BrNS/c1-9-3-2-5-4-6(8)10-7(5)9/h4H,2-3H2,1H3. The van der Waals surface area contributed by atoms with E-state index in [2.05, 4.69) is 33.9 Å². The third-order valence-electron chi connectivity index (χ3n) is 1.82. The van der Waals surface area contributed by atoms with E-state index in [0.717, 1.165) is 0 Å². The molecule has 1 aliphatic rings. The fourth-order valence-electron chi connectivity index (χ4n) is 1.28. The third kappa shape index (κ3) is 0.883. The van der Waals surface area contributed by atoms with E-state index in [1.807, 2.05) is 11.3 Å². The van der Waals surface area contributed by atoms with Gasteiger partial charge in [-0.1, -0.05) is 0 Å². The highest BCUT2D eigenvalue weighted by Crippen LogP contribution is 2.38. The minimum atomic E-state index is 1.19. The lowest BCUT2D eigenvalue weighted by molar-refractivity contribution is 0.958. The van der Waals surface area contributed by atoms with E-state index in [-0.39, 0.29) is 0 Å². The summed E-state index contributed by atoms with van der Waals surface area (Å²) in [5, 5.41) is 1.44. The number of halogens is 1. The maximum Gasteiger partial charge on any atom is 0.0951 e. The number of hydrogen-bond donors (Lipinski definition) is 0. The summed E-state index contributed by atoms with van der Waals surface area (Å²) in [6, 6.07) is 2.23. The van der Waals surface area contributed by atoms with Gasteiger partial charge >= 0.3 is 0 Å². The molecule has 1 aromatic heterocycles. The molecule has 0 amide bonds. The number of anilines is 1. The molecule has 0 atom stereocenters. The summed E-state index contributed by atoms with van der Waals surface area (Å²) in [6.07, 6.45) is 1.22. The van der Waals surface area contributed by atoms with Gasteiger partial charge in [-0.2, -0.15) is 0 Å². The predicted octanol–water partition coefficient (Wildman–Crippen LogP) is 2.50. The molecule has 0 bridgehead atoms. The molecule has 54 valence electrons. The largest absolute Gasteiger partial charge is 0.366 e. The van der Waals surface area contributed by atoms with E-state index >= 15 is 0 Å². The van der Waals surface area contributed by atoms with Crippen LogP contribution in [0.1, 0.15) is 5.56 Å². The van der Waals surface area contributed by atoms with Gasteiger partial charge in [0.25, 0.3) is 0 Å². The lowest BCUT2D eigenvalue weighted by Gasteiger charge is -2.07. The van der Waals surface area contributed by atoms with Gasteiger partial charge in [-0.3, -0.25) is 0 Å². The average Bonchev–Trinajstić information content (AvgIpc) is 2.35. The first-order valence-corrected chi connectivity index (χ1v) is 4.87. The van der Waals surface area contributed by atoms with Gasteiger partial charge in [0.1, 0.15) is 0 Å². The van der Waals surface area contributed by atoms with Crippen molar-refractivity contribution in [1.29, 1.82) is 0 Å². The van der Waals surface area contributed by atoms with Crippen molar-refractivity contribution in [1.82, 2.24) is 0 Å². The highest BCUT2D eigenvalue weighted by atomic mass is 79.9. The van der Waals surface area contributed by atoms with Gasteiger partial charge in [-0.25, -0.2) is 0 Å². The van der Waals surface area contributed by atoms with Gasteiger partial charge < -0.3 is 4.90 Å². The first-order chi connectivity index (χ1) is 4.77. The second-order valence-corrected chi connectivity index (χ2v) is 4.96. The molecule has 0 unspecified atom stereocenters. The topological polar surface area (TPSA) is 3.24 Å². The van der Waals surface area contributed by atoms with E-state index in [4.69, 9.17) is 0 Å². The Morgan fingerprint density at radius 3 is 3.20 bits per heavy atom. The highest BCUT2D eigenvalue weighted by Gasteiger charge is 2.17. The van der Waals surface area contributed by atoms with Gasteiger partial charge in [-0.15, -0.1) is 11.3 Å². The number of fused-ring (bicyclic) bond motifs is 1. The molecule has 0 N–H and O–H groups in total. The van der Waals surface area contributed by atoms with Crippen molar-refractivity contribution in [3.63, 3.8) is 0 Å². The van der Waals surface area contributed by atoms with Crippen molar-refractivity contribution in [2.24, 2.45) is 0 Å². The van der Waals surface area contributed by atoms with Crippen LogP contribution in [0.15, 0.2) is 9.85 Å². The Hall–Kier alpha value is -0.0200. The van der Waals surface area contributed by atoms with Crippen LogP contribution in [0.25, 0.3) is 0 Å². The zero-order valence-electron chi connectivity index (χ0n) is 5.72. The Kier molecular flexibility index (Phi) is 1.49. The molecule has 0 spiro atoms. The van der Waals surface area contributed by atoms with E-state index in [1.165, 1.54) is 27.3 Å². The van der Waals surface area contributed by atoms with Crippen LogP contribution < -0.4 is 4.90 Å². The first-order valence-electron chi connectivity index (χ1n) is 3.27. The van der Waals surface area contributed by atoms with Crippen LogP contribution in [0.3, 0.4) is 0 Å². The molecule has 3 heteroatoms. The zero-order valence-corrected chi connectivity index (χ0v) is 8.13. The van der Waals surface area contributed by atoms with Crippen LogP contribution in [0.2, 0.25) is 0 Å². The zero-order chi connectivity index (χ0) is 7.14. The molecule has 0 aromatic carbocycles. The molecular weight excluding hydrogens is 210 g/mol. The summed E-state index contributed by atoms with van der Waals surface area (Å²) >= 11 is 5.30. The molecule has 1 nitrogen and oxygen atoms in total. The minimum Gasteiger partial charge on any atom is -0.366 e. The summed E-state index contributed by atoms with van der Waals surface area (Å²) < 4.78 is 1.25. The molecule has 0 saturated heterocycles. The Labute approximate surface area is 72.8 Å². The van der Waals surface area contributed by atoms with Crippen LogP contribution in [-0.2, 0) is 6.42 Å². The van der Waals surface area contributed by atoms with Crippen molar-refractivity contribution in [3.8, 4) is 0 Å². The number of likely N-dealkylation sites (N-methyl/N-ethyl adjacent to an activating group) is 1. The van der Waals surface area contributed by atoms with Crippen molar-refractivity contribution in [2.45, 2.75) is 6.42 Å². The lowest BCUT2D eigenvalue weighted by atomic mass is 10.3. The Balaban J connectivity index is 2.49. The smallest absolute Gasteiger partial charge is 0.0951 e. The van der Waals surface area contributed by atoms with E-state index in [9.17, 15) is 0 Å². The molecular formula is C7H8BrNS. The quantitative estimate of drug-likeness (QED) is 0.646. The SMILES string of the molecule is CN1CCc2cc(Br)sc21. The Bertz CT molecular complexity index is 256. The van der Waals surface area contributed by atoms with E-state index in [1.54, 1.807) is 0 Å². The van der Waals surface area contributed by atoms with Crippen molar-refractivity contribution >= 4 is 32.3 Å². The monoisotopic (exact) mass is 217 g/mol. The van der Waals surface area contributed by atoms with Crippen molar-refractivity contribution in [2.75, 3.05) is 18.5 Å². The summed E-state index contributed by atoms with van der Waals surface area (Å²) in [6.45, 7) is 1.19. The lowest BCUT2D eigenvalue weighted by Crippen LogP contribution is -2.11. The summed E-state index contributed by atoms with van der Waals surface area (Å²) in [5.41, 5.74) is 1.50. The Morgan fingerprint density at radius 1 is 1.70 bits per heavy atom.